The smallest absolute Gasteiger partial charge is 0.169 e. The lowest BCUT2D eigenvalue weighted by Crippen LogP contribution is -2.12. The van der Waals surface area contributed by atoms with Gasteiger partial charge in [-0.15, -0.1) is 5.10 Å². The third-order valence-corrected chi connectivity index (χ3v) is 3.40. The summed E-state index contributed by atoms with van der Waals surface area (Å²) in [6.45, 7) is 6.52. The van der Waals surface area contributed by atoms with E-state index in [-0.39, 0.29) is 5.92 Å². The summed E-state index contributed by atoms with van der Waals surface area (Å²) in [5.41, 5.74) is 8.47. The number of rotatable bonds is 3. The molecule has 2 aromatic heterocycles. The Labute approximate surface area is 111 Å². The van der Waals surface area contributed by atoms with Gasteiger partial charge in [-0.3, -0.25) is 4.68 Å². The van der Waals surface area contributed by atoms with E-state index in [1.54, 1.807) is 9.36 Å². The molecule has 0 aliphatic rings. The maximum absolute atomic E-state index is 6.23. The standard InChI is InChI=1S/C11H17ClN6/c1-6(2)10-11(13)14-16-18(10)5-8-9(12)7(3)15-17(8)4/h6H,5,13H2,1-4H3. The van der Waals surface area contributed by atoms with Gasteiger partial charge >= 0.3 is 0 Å². The van der Waals surface area contributed by atoms with Gasteiger partial charge in [-0.25, -0.2) is 4.68 Å². The number of aryl methyl sites for hydroxylation is 2. The SMILES string of the molecule is Cc1nn(C)c(Cn2nnc(N)c2C(C)C)c1Cl. The highest BCUT2D eigenvalue weighted by atomic mass is 35.5. The quantitative estimate of drug-likeness (QED) is 0.920. The predicted molar refractivity (Wildman–Crippen MR) is 70.6 cm³/mol. The number of anilines is 1. The minimum absolute atomic E-state index is 0.257. The van der Waals surface area contributed by atoms with E-state index < -0.39 is 0 Å². The van der Waals surface area contributed by atoms with E-state index in [0.29, 0.717) is 17.4 Å². The zero-order valence-corrected chi connectivity index (χ0v) is 11.7. The first-order valence-electron chi connectivity index (χ1n) is 5.78. The van der Waals surface area contributed by atoms with Crippen LogP contribution in [-0.4, -0.2) is 24.8 Å². The Morgan fingerprint density at radius 1 is 1.39 bits per heavy atom. The van der Waals surface area contributed by atoms with Gasteiger partial charge in [0.25, 0.3) is 0 Å². The van der Waals surface area contributed by atoms with Crippen LogP contribution >= 0.6 is 11.6 Å². The van der Waals surface area contributed by atoms with E-state index in [9.17, 15) is 0 Å². The van der Waals surface area contributed by atoms with Crippen molar-refractivity contribution >= 4 is 17.4 Å². The summed E-state index contributed by atoms with van der Waals surface area (Å²) in [5, 5.41) is 12.9. The molecule has 0 atom stereocenters. The van der Waals surface area contributed by atoms with Crippen molar-refractivity contribution in [1.29, 1.82) is 0 Å². The Morgan fingerprint density at radius 3 is 2.56 bits per heavy atom. The van der Waals surface area contributed by atoms with Crippen LogP contribution < -0.4 is 5.73 Å². The number of halogens is 1. The lowest BCUT2D eigenvalue weighted by molar-refractivity contribution is 0.565. The van der Waals surface area contributed by atoms with E-state index >= 15 is 0 Å². The van der Waals surface area contributed by atoms with Gasteiger partial charge in [0.1, 0.15) is 0 Å². The maximum Gasteiger partial charge on any atom is 0.169 e. The molecule has 98 valence electrons. The summed E-state index contributed by atoms with van der Waals surface area (Å²) in [5.74, 6) is 0.730. The fraction of sp³-hybridized carbons (Fsp3) is 0.545. The first kappa shape index (κ1) is 12.9. The van der Waals surface area contributed by atoms with Gasteiger partial charge in [-0.2, -0.15) is 5.10 Å². The third kappa shape index (κ3) is 2.08. The Kier molecular flexibility index (Phi) is 3.30. The molecule has 2 N–H and O–H groups in total. The van der Waals surface area contributed by atoms with Crippen LogP contribution in [0.4, 0.5) is 5.82 Å². The van der Waals surface area contributed by atoms with Crippen molar-refractivity contribution in [3.8, 4) is 0 Å². The van der Waals surface area contributed by atoms with E-state index in [1.807, 2.05) is 14.0 Å². The van der Waals surface area contributed by atoms with Gasteiger partial charge in [0.15, 0.2) is 5.82 Å². The summed E-state index contributed by atoms with van der Waals surface area (Å²) in [6, 6.07) is 0. The highest BCUT2D eigenvalue weighted by Crippen LogP contribution is 2.24. The molecule has 0 fully saturated rings. The van der Waals surface area contributed by atoms with Gasteiger partial charge in [-0.05, 0) is 12.8 Å². The molecule has 18 heavy (non-hydrogen) atoms. The highest BCUT2D eigenvalue weighted by Gasteiger charge is 2.17. The molecule has 0 aliphatic heterocycles. The van der Waals surface area contributed by atoms with Crippen molar-refractivity contribution in [3.05, 3.63) is 22.1 Å². The van der Waals surface area contributed by atoms with Crippen LogP contribution in [0, 0.1) is 6.92 Å². The zero-order chi connectivity index (χ0) is 13.4. The van der Waals surface area contributed by atoms with E-state index in [4.69, 9.17) is 17.3 Å². The lowest BCUT2D eigenvalue weighted by Gasteiger charge is -2.10. The topological polar surface area (TPSA) is 74.5 Å². The van der Waals surface area contributed by atoms with Crippen LogP contribution in [-0.2, 0) is 13.6 Å². The first-order chi connectivity index (χ1) is 8.41. The summed E-state index contributed by atoms with van der Waals surface area (Å²) >= 11 is 6.23. The molecule has 2 aromatic rings. The second-order valence-electron chi connectivity index (χ2n) is 4.64. The van der Waals surface area contributed by atoms with Crippen LogP contribution in [0.25, 0.3) is 0 Å². The Bertz CT molecular complexity index is 568. The number of nitrogens with two attached hydrogens (primary N) is 1. The van der Waals surface area contributed by atoms with Crippen LogP contribution in [0.5, 0.6) is 0 Å². The fourth-order valence-corrected chi connectivity index (χ4v) is 2.26. The molecule has 0 saturated carbocycles. The van der Waals surface area contributed by atoms with Gasteiger partial charge in [-0.1, -0.05) is 30.7 Å². The normalized spacial score (nSPS) is 11.4. The van der Waals surface area contributed by atoms with E-state index in [2.05, 4.69) is 29.3 Å². The van der Waals surface area contributed by atoms with E-state index in [1.165, 1.54) is 0 Å². The molecule has 6 nitrogen and oxygen atoms in total. The number of hydrogen-bond acceptors (Lipinski definition) is 4. The van der Waals surface area contributed by atoms with Gasteiger partial charge in [0.2, 0.25) is 0 Å². The molecule has 0 spiro atoms. The number of nitrogen functional groups attached to an aromatic ring is 1. The highest BCUT2D eigenvalue weighted by molar-refractivity contribution is 6.31. The van der Waals surface area contributed by atoms with Crippen molar-refractivity contribution in [2.24, 2.45) is 7.05 Å². The van der Waals surface area contributed by atoms with Gasteiger partial charge < -0.3 is 5.73 Å². The first-order valence-corrected chi connectivity index (χ1v) is 6.16. The second-order valence-corrected chi connectivity index (χ2v) is 5.02. The molecule has 2 rings (SSSR count). The van der Waals surface area contributed by atoms with Crippen molar-refractivity contribution in [3.63, 3.8) is 0 Å². The van der Waals surface area contributed by atoms with Crippen molar-refractivity contribution in [2.45, 2.75) is 33.2 Å². The maximum atomic E-state index is 6.23. The summed E-state index contributed by atoms with van der Waals surface area (Å²) in [7, 11) is 1.86. The zero-order valence-electron chi connectivity index (χ0n) is 11.0. The van der Waals surface area contributed by atoms with Crippen molar-refractivity contribution in [2.75, 3.05) is 5.73 Å². The summed E-state index contributed by atoms with van der Waals surface area (Å²) in [4.78, 5) is 0. The summed E-state index contributed by atoms with van der Waals surface area (Å²) < 4.78 is 3.54. The largest absolute Gasteiger partial charge is 0.381 e. The molecule has 0 radical (unpaired) electrons. The molecule has 7 heteroatoms. The third-order valence-electron chi connectivity index (χ3n) is 2.91. The van der Waals surface area contributed by atoms with Crippen molar-refractivity contribution < 1.29 is 0 Å². The molecule has 0 unspecified atom stereocenters. The molecule has 2 heterocycles. The number of hydrogen-bond donors (Lipinski definition) is 1. The monoisotopic (exact) mass is 268 g/mol. The lowest BCUT2D eigenvalue weighted by atomic mass is 10.1. The number of aromatic nitrogens is 5. The Balaban J connectivity index is 2.40. The minimum Gasteiger partial charge on any atom is -0.381 e. The molecule has 0 aliphatic carbocycles. The van der Waals surface area contributed by atoms with E-state index in [0.717, 1.165) is 17.1 Å². The number of nitrogens with zero attached hydrogens (tertiary/aromatic N) is 5. The van der Waals surface area contributed by atoms with Crippen LogP contribution in [0.3, 0.4) is 0 Å². The van der Waals surface area contributed by atoms with Crippen LogP contribution in [0.2, 0.25) is 5.02 Å². The van der Waals surface area contributed by atoms with Gasteiger partial charge in [0, 0.05) is 7.05 Å². The average molecular weight is 269 g/mol. The molecule has 0 aromatic carbocycles. The second kappa shape index (κ2) is 4.61. The molecule has 0 saturated heterocycles. The molecular weight excluding hydrogens is 252 g/mol. The minimum atomic E-state index is 0.257. The predicted octanol–water partition coefficient (Wildman–Crippen LogP) is 1.73. The van der Waals surface area contributed by atoms with Crippen LogP contribution in [0.15, 0.2) is 0 Å². The Hall–Kier alpha value is -1.56. The molecular formula is C11H17ClN6. The van der Waals surface area contributed by atoms with Crippen LogP contribution in [0.1, 0.15) is 36.8 Å². The van der Waals surface area contributed by atoms with Crippen molar-refractivity contribution in [1.82, 2.24) is 24.8 Å². The average Bonchev–Trinajstić information content (AvgIpc) is 2.75. The summed E-state index contributed by atoms with van der Waals surface area (Å²) in [6.07, 6.45) is 0. The van der Waals surface area contributed by atoms with Gasteiger partial charge in [0.05, 0.1) is 28.6 Å². The fourth-order valence-electron chi connectivity index (χ4n) is 2.04. The Morgan fingerprint density at radius 2 is 2.06 bits per heavy atom. The molecule has 0 bridgehead atoms. The molecule has 0 amide bonds.